The highest BCUT2D eigenvalue weighted by molar-refractivity contribution is 5.61. The van der Waals surface area contributed by atoms with Gasteiger partial charge in [0.2, 0.25) is 0 Å². The zero-order valence-corrected chi connectivity index (χ0v) is 11.7. The summed E-state index contributed by atoms with van der Waals surface area (Å²) in [6.45, 7) is 0. The van der Waals surface area contributed by atoms with Gasteiger partial charge in [0.25, 0.3) is 0 Å². The van der Waals surface area contributed by atoms with Crippen LogP contribution in [0, 0.1) is 0 Å². The molecule has 3 rings (SSSR count). The van der Waals surface area contributed by atoms with Crippen LogP contribution in [-0.4, -0.2) is 25.8 Å². The Labute approximate surface area is 118 Å². The van der Waals surface area contributed by atoms with Gasteiger partial charge in [0.05, 0.1) is 23.1 Å². The first-order chi connectivity index (χ1) is 9.58. The quantitative estimate of drug-likeness (QED) is 0.848. The third-order valence-electron chi connectivity index (χ3n) is 3.97. The van der Waals surface area contributed by atoms with Crippen LogP contribution in [0.25, 0.3) is 11.3 Å². The van der Waals surface area contributed by atoms with E-state index in [1.165, 1.54) is 0 Å². The monoisotopic (exact) mass is 272 g/mol. The number of aryl methyl sites for hydroxylation is 1. The highest BCUT2D eigenvalue weighted by Gasteiger charge is 2.36. The summed E-state index contributed by atoms with van der Waals surface area (Å²) in [4.78, 5) is 8.99. The van der Waals surface area contributed by atoms with Crippen LogP contribution in [0.3, 0.4) is 0 Å². The Morgan fingerprint density at radius 2 is 2.15 bits per heavy atom. The second-order valence-electron chi connectivity index (χ2n) is 5.67. The molecule has 2 heterocycles. The van der Waals surface area contributed by atoms with Gasteiger partial charge in [-0.3, -0.25) is 14.6 Å². The van der Waals surface area contributed by atoms with Gasteiger partial charge in [-0.25, -0.2) is 0 Å². The minimum absolute atomic E-state index is 0.137. The first-order valence-electron chi connectivity index (χ1n) is 6.93. The van der Waals surface area contributed by atoms with Crippen molar-refractivity contribution in [2.24, 2.45) is 18.5 Å². The number of nitrogens with zero attached hydrogens (tertiary/aromatic N) is 4. The van der Waals surface area contributed by atoms with Crippen molar-refractivity contribution in [2.75, 3.05) is 0 Å². The summed E-state index contributed by atoms with van der Waals surface area (Å²) in [7, 11) is 1.88. The minimum Gasteiger partial charge on any atom is -0.328 e. The van der Waals surface area contributed by atoms with Gasteiger partial charge in [-0.15, -0.1) is 0 Å². The lowest BCUT2D eigenvalue weighted by Crippen LogP contribution is -2.46. The lowest BCUT2D eigenvalue weighted by atomic mass is 9.76. The first kappa shape index (κ1) is 13.2. The van der Waals surface area contributed by atoms with Crippen LogP contribution < -0.4 is 11.5 Å². The standard InChI is InChI=1S/C14H20N6/c1-20-9-10(8-19-20)12-13(18-6-5-17-12)14(16)4-2-3-11(15)7-14/h5-6,8-9,11H,2-4,7,15-16H2,1H3. The maximum absolute atomic E-state index is 6.61. The Bertz CT molecular complexity index is 607. The third kappa shape index (κ3) is 2.32. The fourth-order valence-corrected chi connectivity index (χ4v) is 3.02. The molecule has 6 heteroatoms. The fourth-order valence-electron chi connectivity index (χ4n) is 3.02. The van der Waals surface area contributed by atoms with E-state index in [0.29, 0.717) is 0 Å². The summed E-state index contributed by atoms with van der Waals surface area (Å²) < 4.78 is 1.75. The molecule has 106 valence electrons. The van der Waals surface area contributed by atoms with Crippen molar-refractivity contribution >= 4 is 0 Å². The van der Waals surface area contributed by atoms with Gasteiger partial charge in [0.15, 0.2) is 0 Å². The summed E-state index contributed by atoms with van der Waals surface area (Å²) >= 11 is 0. The number of hydrogen-bond donors (Lipinski definition) is 2. The number of aromatic nitrogens is 4. The number of hydrogen-bond acceptors (Lipinski definition) is 5. The molecule has 20 heavy (non-hydrogen) atoms. The molecule has 2 unspecified atom stereocenters. The summed E-state index contributed by atoms with van der Waals surface area (Å²) in [5.41, 5.74) is 14.8. The van der Waals surface area contributed by atoms with E-state index in [4.69, 9.17) is 11.5 Å². The molecule has 6 nitrogen and oxygen atoms in total. The van der Waals surface area contributed by atoms with E-state index in [9.17, 15) is 0 Å². The molecule has 0 bridgehead atoms. The predicted molar refractivity (Wildman–Crippen MR) is 76.5 cm³/mol. The molecule has 0 saturated heterocycles. The van der Waals surface area contributed by atoms with Gasteiger partial charge in [-0.05, 0) is 25.7 Å². The molecular weight excluding hydrogens is 252 g/mol. The summed E-state index contributed by atoms with van der Waals surface area (Å²) in [6.07, 6.45) is 10.8. The molecule has 0 spiro atoms. The molecule has 0 aliphatic heterocycles. The Hall–Kier alpha value is -1.79. The van der Waals surface area contributed by atoms with Crippen molar-refractivity contribution in [1.82, 2.24) is 19.7 Å². The zero-order chi connectivity index (χ0) is 14.2. The van der Waals surface area contributed by atoms with Crippen LogP contribution in [0.1, 0.15) is 31.4 Å². The average molecular weight is 272 g/mol. The maximum Gasteiger partial charge on any atom is 0.0968 e. The third-order valence-corrected chi connectivity index (χ3v) is 3.97. The van der Waals surface area contributed by atoms with E-state index >= 15 is 0 Å². The summed E-state index contributed by atoms with van der Waals surface area (Å²) in [5.74, 6) is 0. The molecule has 1 aliphatic rings. The Kier molecular flexibility index (Phi) is 3.27. The molecule has 1 aliphatic carbocycles. The van der Waals surface area contributed by atoms with Crippen molar-refractivity contribution in [3.63, 3.8) is 0 Å². The van der Waals surface area contributed by atoms with Crippen molar-refractivity contribution in [1.29, 1.82) is 0 Å². The van der Waals surface area contributed by atoms with Gasteiger partial charge in [0.1, 0.15) is 0 Å². The molecule has 2 aromatic heterocycles. The van der Waals surface area contributed by atoms with Crippen LogP contribution in [0.2, 0.25) is 0 Å². The predicted octanol–water partition coefficient (Wildman–Crippen LogP) is 0.932. The molecular formula is C14H20N6. The Morgan fingerprint density at radius 1 is 1.35 bits per heavy atom. The summed E-state index contributed by atoms with van der Waals surface area (Å²) in [6, 6.07) is 0.137. The lowest BCUT2D eigenvalue weighted by molar-refractivity contribution is 0.267. The van der Waals surface area contributed by atoms with Crippen LogP contribution in [0.4, 0.5) is 0 Å². The van der Waals surface area contributed by atoms with Gasteiger partial charge >= 0.3 is 0 Å². The normalized spacial score (nSPS) is 26.6. The van der Waals surface area contributed by atoms with Crippen LogP contribution in [-0.2, 0) is 12.6 Å². The molecule has 2 atom stereocenters. The van der Waals surface area contributed by atoms with Crippen molar-refractivity contribution in [3.8, 4) is 11.3 Å². The molecule has 2 aromatic rings. The van der Waals surface area contributed by atoms with Crippen molar-refractivity contribution < 1.29 is 0 Å². The van der Waals surface area contributed by atoms with Crippen LogP contribution >= 0.6 is 0 Å². The first-order valence-corrected chi connectivity index (χ1v) is 6.93. The molecule has 0 radical (unpaired) electrons. The second-order valence-corrected chi connectivity index (χ2v) is 5.67. The molecule has 1 saturated carbocycles. The molecule has 4 N–H and O–H groups in total. The second kappa shape index (κ2) is 4.96. The van der Waals surface area contributed by atoms with Gasteiger partial charge in [-0.1, -0.05) is 0 Å². The van der Waals surface area contributed by atoms with Crippen molar-refractivity contribution in [3.05, 3.63) is 30.5 Å². The molecule has 1 fully saturated rings. The van der Waals surface area contributed by atoms with E-state index in [-0.39, 0.29) is 6.04 Å². The topological polar surface area (TPSA) is 95.6 Å². The van der Waals surface area contributed by atoms with E-state index in [2.05, 4.69) is 15.1 Å². The van der Waals surface area contributed by atoms with Gasteiger partial charge in [0, 0.05) is 37.2 Å². The lowest BCUT2D eigenvalue weighted by Gasteiger charge is -2.36. The minimum atomic E-state index is -0.489. The Morgan fingerprint density at radius 3 is 2.85 bits per heavy atom. The van der Waals surface area contributed by atoms with Gasteiger partial charge < -0.3 is 11.5 Å². The molecule has 0 amide bonds. The number of rotatable bonds is 2. The van der Waals surface area contributed by atoms with E-state index < -0.39 is 5.54 Å². The smallest absolute Gasteiger partial charge is 0.0968 e. The maximum atomic E-state index is 6.61. The Balaban J connectivity index is 2.05. The highest BCUT2D eigenvalue weighted by Crippen LogP contribution is 2.37. The summed E-state index contributed by atoms with van der Waals surface area (Å²) in [5, 5.41) is 4.20. The van der Waals surface area contributed by atoms with Crippen molar-refractivity contribution in [2.45, 2.75) is 37.3 Å². The van der Waals surface area contributed by atoms with E-state index in [0.717, 1.165) is 42.6 Å². The van der Waals surface area contributed by atoms with Gasteiger partial charge in [-0.2, -0.15) is 5.10 Å². The zero-order valence-electron chi connectivity index (χ0n) is 11.7. The number of nitrogens with two attached hydrogens (primary N) is 2. The molecule has 0 aromatic carbocycles. The average Bonchev–Trinajstić information content (AvgIpc) is 2.85. The largest absolute Gasteiger partial charge is 0.328 e. The van der Waals surface area contributed by atoms with E-state index in [1.807, 2.05) is 13.2 Å². The van der Waals surface area contributed by atoms with Crippen LogP contribution in [0.15, 0.2) is 24.8 Å². The van der Waals surface area contributed by atoms with E-state index in [1.54, 1.807) is 23.3 Å². The van der Waals surface area contributed by atoms with Crippen LogP contribution in [0.5, 0.6) is 0 Å². The highest BCUT2D eigenvalue weighted by atomic mass is 15.2. The SMILES string of the molecule is Cn1cc(-c2nccnc2C2(N)CCCC(N)C2)cn1. The fraction of sp³-hybridized carbons (Fsp3) is 0.500.